The molecule has 0 saturated heterocycles. The van der Waals surface area contributed by atoms with Crippen molar-refractivity contribution in [3.05, 3.63) is 12.0 Å². The van der Waals surface area contributed by atoms with Crippen LogP contribution in [0, 0.1) is 11.6 Å². The Balaban J connectivity index is 2.65. The maximum Gasteiger partial charge on any atom is 0.405 e. The van der Waals surface area contributed by atoms with Gasteiger partial charge in [0, 0.05) is 6.42 Å². The van der Waals surface area contributed by atoms with Crippen molar-refractivity contribution in [2.45, 2.75) is 27.2 Å². The Morgan fingerprint density at radius 2 is 2.09 bits per heavy atom. The minimum Gasteiger partial charge on any atom is -0.303 e. The molecule has 3 nitrogen and oxygen atoms in total. The van der Waals surface area contributed by atoms with Crippen LogP contribution >= 0.6 is 0 Å². The molecule has 0 spiro atoms. The first-order valence-electron chi connectivity index (χ1n) is 3.45. The molecule has 1 aromatic heterocycles. The molecular weight excluding hydrogens is 147 g/mol. The van der Waals surface area contributed by atoms with E-state index in [1.807, 2.05) is 20.8 Å². The van der Waals surface area contributed by atoms with Gasteiger partial charge in [-0.1, -0.05) is 25.9 Å². The van der Waals surface area contributed by atoms with E-state index in [0.717, 1.165) is 0 Å². The molecule has 0 aliphatic heterocycles. The van der Waals surface area contributed by atoms with Gasteiger partial charge in [-0.3, -0.25) is 0 Å². The van der Waals surface area contributed by atoms with Crippen LogP contribution < -0.4 is 0 Å². The van der Waals surface area contributed by atoms with Crippen LogP contribution in [0.4, 0.5) is 4.39 Å². The highest BCUT2D eigenvalue weighted by Gasteiger charge is 2.15. The third kappa shape index (κ3) is 2.65. The van der Waals surface area contributed by atoms with Crippen molar-refractivity contribution in [2.75, 3.05) is 0 Å². The number of hydrogen-bond donors (Lipinski definition) is 0. The van der Waals surface area contributed by atoms with Crippen LogP contribution in [0.1, 0.15) is 26.6 Å². The topological polar surface area (TPSA) is 38.9 Å². The Morgan fingerprint density at radius 1 is 1.45 bits per heavy atom. The highest BCUT2D eigenvalue weighted by molar-refractivity contribution is 4.84. The largest absolute Gasteiger partial charge is 0.405 e. The second kappa shape index (κ2) is 2.60. The standard InChI is InChI=1S/C7H11FN2O/c1-7(2,3)4-5-9-6(8)11-10-5/h4H2,1-3H3. The van der Waals surface area contributed by atoms with E-state index in [9.17, 15) is 4.39 Å². The molecule has 0 aliphatic rings. The van der Waals surface area contributed by atoms with E-state index in [1.165, 1.54) is 0 Å². The molecule has 0 fully saturated rings. The van der Waals surface area contributed by atoms with Gasteiger partial charge in [0.15, 0.2) is 5.82 Å². The molecule has 0 amide bonds. The molecular formula is C7H11FN2O. The van der Waals surface area contributed by atoms with E-state index in [2.05, 4.69) is 14.7 Å². The molecule has 0 N–H and O–H groups in total. The lowest BCUT2D eigenvalue weighted by molar-refractivity contribution is 0.265. The number of rotatable bonds is 1. The zero-order chi connectivity index (χ0) is 8.48. The molecule has 0 aromatic carbocycles. The quantitative estimate of drug-likeness (QED) is 0.625. The monoisotopic (exact) mass is 158 g/mol. The van der Waals surface area contributed by atoms with Crippen molar-refractivity contribution in [2.24, 2.45) is 5.41 Å². The summed E-state index contributed by atoms with van der Waals surface area (Å²) in [6.07, 6.45) is -0.232. The molecule has 0 bridgehead atoms. The first kappa shape index (κ1) is 8.17. The van der Waals surface area contributed by atoms with Crippen LogP contribution in [0.5, 0.6) is 0 Å². The molecule has 0 unspecified atom stereocenters. The average Bonchev–Trinajstić information content (AvgIpc) is 2.10. The summed E-state index contributed by atoms with van der Waals surface area (Å²) in [7, 11) is 0. The summed E-state index contributed by atoms with van der Waals surface area (Å²) in [5, 5.41) is 3.44. The van der Waals surface area contributed by atoms with E-state index < -0.39 is 6.14 Å². The fourth-order valence-electron chi connectivity index (χ4n) is 0.779. The first-order chi connectivity index (χ1) is 4.97. The maximum atomic E-state index is 12.2. The Morgan fingerprint density at radius 3 is 2.45 bits per heavy atom. The summed E-state index contributed by atoms with van der Waals surface area (Å²) < 4.78 is 16.3. The molecule has 0 atom stereocenters. The predicted octanol–water partition coefficient (Wildman–Crippen LogP) is 1.80. The summed E-state index contributed by atoms with van der Waals surface area (Å²) in [5.74, 6) is 0.426. The fraction of sp³-hybridized carbons (Fsp3) is 0.714. The molecule has 1 rings (SSSR count). The van der Waals surface area contributed by atoms with Gasteiger partial charge in [0.1, 0.15) is 0 Å². The van der Waals surface area contributed by atoms with Gasteiger partial charge in [0.25, 0.3) is 0 Å². The molecule has 4 heteroatoms. The van der Waals surface area contributed by atoms with Crippen LogP contribution in [0.25, 0.3) is 0 Å². The van der Waals surface area contributed by atoms with E-state index >= 15 is 0 Å². The lowest BCUT2D eigenvalue weighted by Gasteiger charge is -2.14. The van der Waals surface area contributed by atoms with Gasteiger partial charge in [-0.05, 0) is 5.41 Å². The molecule has 1 heterocycles. The van der Waals surface area contributed by atoms with E-state index in [1.54, 1.807) is 0 Å². The zero-order valence-corrected chi connectivity index (χ0v) is 6.89. The van der Waals surface area contributed by atoms with Gasteiger partial charge in [0.2, 0.25) is 0 Å². The Kier molecular flexibility index (Phi) is 1.93. The van der Waals surface area contributed by atoms with Crippen molar-refractivity contribution in [1.29, 1.82) is 0 Å². The third-order valence-electron chi connectivity index (χ3n) is 1.13. The van der Waals surface area contributed by atoms with Crippen molar-refractivity contribution in [1.82, 2.24) is 10.1 Å². The van der Waals surface area contributed by atoms with E-state index in [4.69, 9.17) is 0 Å². The van der Waals surface area contributed by atoms with Crippen LogP contribution in [-0.2, 0) is 6.42 Å². The number of nitrogens with zero attached hydrogens (tertiary/aromatic N) is 2. The summed E-state index contributed by atoms with van der Waals surface area (Å²) in [6, 6.07) is 0. The van der Waals surface area contributed by atoms with Crippen molar-refractivity contribution in [3.63, 3.8) is 0 Å². The van der Waals surface area contributed by atoms with Gasteiger partial charge >= 0.3 is 6.14 Å². The normalized spacial score (nSPS) is 12.0. The van der Waals surface area contributed by atoms with Crippen LogP contribution in [-0.4, -0.2) is 10.1 Å². The van der Waals surface area contributed by atoms with Gasteiger partial charge in [0.05, 0.1) is 0 Å². The van der Waals surface area contributed by atoms with Crippen LogP contribution in [0.15, 0.2) is 4.52 Å². The molecule has 11 heavy (non-hydrogen) atoms. The lowest BCUT2D eigenvalue weighted by atomic mass is 9.92. The average molecular weight is 158 g/mol. The molecule has 0 saturated carbocycles. The smallest absolute Gasteiger partial charge is 0.303 e. The summed E-state index contributed by atoms with van der Waals surface area (Å²) in [6.45, 7) is 6.09. The Hall–Kier alpha value is -0.930. The molecule has 1 aromatic rings. The van der Waals surface area contributed by atoms with E-state index in [0.29, 0.717) is 12.2 Å². The summed E-state index contributed by atoms with van der Waals surface area (Å²) >= 11 is 0. The van der Waals surface area contributed by atoms with Gasteiger partial charge in [-0.15, -0.1) is 4.39 Å². The Bertz CT molecular complexity index is 239. The molecule has 0 radical (unpaired) electrons. The van der Waals surface area contributed by atoms with Gasteiger partial charge < -0.3 is 4.52 Å². The van der Waals surface area contributed by atoms with Gasteiger partial charge in [-0.25, -0.2) is 0 Å². The number of halogens is 1. The third-order valence-corrected chi connectivity index (χ3v) is 1.13. The minimum absolute atomic E-state index is 0.0658. The highest BCUT2D eigenvalue weighted by Crippen LogP contribution is 2.18. The van der Waals surface area contributed by atoms with Gasteiger partial charge in [-0.2, -0.15) is 4.98 Å². The second-order valence-corrected chi connectivity index (χ2v) is 3.70. The fourth-order valence-corrected chi connectivity index (χ4v) is 0.779. The lowest BCUT2D eigenvalue weighted by Crippen LogP contribution is -2.10. The zero-order valence-electron chi connectivity index (χ0n) is 6.89. The Labute approximate surface area is 64.6 Å². The number of aromatic nitrogens is 2. The molecule has 62 valence electrons. The highest BCUT2D eigenvalue weighted by atomic mass is 19.1. The van der Waals surface area contributed by atoms with Crippen LogP contribution in [0.2, 0.25) is 0 Å². The first-order valence-corrected chi connectivity index (χ1v) is 3.45. The van der Waals surface area contributed by atoms with E-state index in [-0.39, 0.29) is 5.41 Å². The van der Waals surface area contributed by atoms with Crippen molar-refractivity contribution < 1.29 is 8.91 Å². The SMILES string of the molecule is CC(C)(C)Cc1noc(F)n1. The predicted molar refractivity (Wildman–Crippen MR) is 37.4 cm³/mol. The summed E-state index contributed by atoms with van der Waals surface area (Å²) in [5.41, 5.74) is 0.0658. The summed E-state index contributed by atoms with van der Waals surface area (Å²) in [4.78, 5) is 3.45. The van der Waals surface area contributed by atoms with Crippen molar-refractivity contribution >= 4 is 0 Å². The van der Waals surface area contributed by atoms with Crippen molar-refractivity contribution in [3.8, 4) is 0 Å². The van der Waals surface area contributed by atoms with Crippen LogP contribution in [0.3, 0.4) is 0 Å². The maximum absolute atomic E-state index is 12.2. The molecule has 0 aliphatic carbocycles. The minimum atomic E-state index is -0.857. The number of hydrogen-bond acceptors (Lipinski definition) is 3. The second-order valence-electron chi connectivity index (χ2n) is 3.70.